The zero-order chi connectivity index (χ0) is 15.8. The van der Waals surface area contributed by atoms with Crippen molar-refractivity contribution in [2.75, 3.05) is 0 Å². The maximum Gasteiger partial charge on any atom is 0.347 e. The molecule has 0 aliphatic rings. The average Bonchev–Trinajstić information content (AvgIpc) is 2.71. The van der Waals surface area contributed by atoms with Gasteiger partial charge in [-0.15, -0.1) is 11.3 Å². The van der Waals surface area contributed by atoms with Gasteiger partial charge in [-0.05, 0) is 19.4 Å². The molecule has 3 nitrogen and oxygen atoms in total. The average molecular weight is 303 g/mol. The minimum Gasteiger partial charge on any atom is -0.477 e. The Morgan fingerprint density at radius 2 is 1.76 bits per heavy atom. The third kappa shape index (κ3) is 3.70. The van der Waals surface area contributed by atoms with Crippen molar-refractivity contribution in [2.45, 2.75) is 46.5 Å². The van der Waals surface area contributed by atoms with Crippen LogP contribution in [0.25, 0.3) is 0 Å². The van der Waals surface area contributed by atoms with Crippen LogP contribution in [-0.2, 0) is 11.8 Å². The second-order valence-corrected chi connectivity index (χ2v) is 7.60. The minimum absolute atomic E-state index is 0.259. The Bertz CT molecular complexity index is 660. The summed E-state index contributed by atoms with van der Waals surface area (Å²) in [6, 6.07) is 6.39. The van der Waals surface area contributed by atoms with Crippen molar-refractivity contribution in [1.82, 2.24) is 4.98 Å². The molecule has 1 aromatic carbocycles. The molecule has 0 saturated heterocycles. The number of carbonyl (C=O) groups is 1. The highest BCUT2D eigenvalue weighted by molar-refractivity contribution is 7.13. The molecule has 2 rings (SSSR count). The molecule has 0 unspecified atom stereocenters. The van der Waals surface area contributed by atoms with Gasteiger partial charge in [0, 0.05) is 11.8 Å². The Morgan fingerprint density at radius 1 is 1.19 bits per heavy atom. The molecule has 0 saturated carbocycles. The first kappa shape index (κ1) is 15.7. The van der Waals surface area contributed by atoms with E-state index < -0.39 is 5.97 Å². The Hall–Kier alpha value is -1.68. The van der Waals surface area contributed by atoms with Gasteiger partial charge >= 0.3 is 5.97 Å². The smallest absolute Gasteiger partial charge is 0.347 e. The van der Waals surface area contributed by atoms with Gasteiger partial charge in [0.1, 0.15) is 4.88 Å². The Morgan fingerprint density at radius 3 is 2.19 bits per heavy atom. The zero-order valence-corrected chi connectivity index (χ0v) is 14.0. The van der Waals surface area contributed by atoms with Gasteiger partial charge in [-0.1, -0.05) is 50.1 Å². The number of nitrogens with zero attached hydrogens (tertiary/aromatic N) is 1. The van der Waals surface area contributed by atoms with Crippen molar-refractivity contribution in [3.63, 3.8) is 0 Å². The molecule has 0 aliphatic heterocycles. The van der Waals surface area contributed by atoms with E-state index in [1.807, 2.05) is 20.8 Å². The van der Waals surface area contributed by atoms with Crippen molar-refractivity contribution in [2.24, 2.45) is 0 Å². The lowest BCUT2D eigenvalue weighted by molar-refractivity contribution is 0.0699. The molecule has 0 fully saturated rings. The highest BCUT2D eigenvalue weighted by Gasteiger charge is 2.26. The van der Waals surface area contributed by atoms with E-state index in [1.165, 1.54) is 28.0 Å². The Labute approximate surface area is 129 Å². The fraction of sp³-hybridized carbons (Fsp3) is 0.412. The summed E-state index contributed by atoms with van der Waals surface area (Å²) >= 11 is 1.29. The topological polar surface area (TPSA) is 50.2 Å². The van der Waals surface area contributed by atoms with Crippen molar-refractivity contribution in [1.29, 1.82) is 0 Å². The van der Waals surface area contributed by atoms with Crippen molar-refractivity contribution < 1.29 is 9.90 Å². The van der Waals surface area contributed by atoms with Crippen LogP contribution >= 0.6 is 11.3 Å². The van der Waals surface area contributed by atoms with Crippen molar-refractivity contribution >= 4 is 17.3 Å². The molecule has 1 aromatic heterocycles. The SMILES string of the molecule is Cc1cc(C)cc(Cc2nc(C(C)(C)C)c(C(=O)O)s2)c1. The number of hydrogen-bond acceptors (Lipinski definition) is 3. The van der Waals surface area contributed by atoms with Crippen LogP contribution in [0, 0.1) is 13.8 Å². The molecule has 0 bridgehead atoms. The van der Waals surface area contributed by atoms with E-state index in [1.54, 1.807) is 0 Å². The van der Waals surface area contributed by atoms with Crippen LogP contribution in [0.3, 0.4) is 0 Å². The number of benzene rings is 1. The predicted octanol–water partition coefficient (Wildman–Crippen LogP) is 4.35. The van der Waals surface area contributed by atoms with Crippen LogP contribution < -0.4 is 0 Å². The summed E-state index contributed by atoms with van der Waals surface area (Å²) < 4.78 is 0. The quantitative estimate of drug-likeness (QED) is 0.917. The van der Waals surface area contributed by atoms with Gasteiger partial charge in [0.25, 0.3) is 0 Å². The number of aromatic nitrogens is 1. The Balaban J connectivity index is 2.39. The van der Waals surface area contributed by atoms with E-state index in [-0.39, 0.29) is 5.41 Å². The lowest BCUT2D eigenvalue weighted by atomic mass is 9.91. The zero-order valence-electron chi connectivity index (χ0n) is 13.2. The van der Waals surface area contributed by atoms with Gasteiger partial charge in [-0.2, -0.15) is 0 Å². The van der Waals surface area contributed by atoms with Crippen LogP contribution in [0.1, 0.15) is 57.8 Å². The number of carboxylic acids is 1. The highest BCUT2D eigenvalue weighted by atomic mass is 32.1. The fourth-order valence-electron chi connectivity index (χ4n) is 2.44. The van der Waals surface area contributed by atoms with E-state index in [0.29, 0.717) is 17.0 Å². The number of hydrogen-bond donors (Lipinski definition) is 1. The maximum atomic E-state index is 11.4. The largest absolute Gasteiger partial charge is 0.477 e. The third-order valence-corrected chi connectivity index (χ3v) is 4.26. The third-order valence-electron chi connectivity index (χ3n) is 3.21. The van der Waals surface area contributed by atoms with E-state index in [2.05, 4.69) is 37.0 Å². The molecule has 0 atom stereocenters. The first-order valence-electron chi connectivity index (χ1n) is 6.97. The maximum absolute atomic E-state index is 11.4. The molecule has 0 spiro atoms. The number of carboxylic acid groups (broad SMARTS) is 1. The van der Waals surface area contributed by atoms with Gasteiger partial charge in [-0.25, -0.2) is 9.78 Å². The molecule has 0 radical (unpaired) electrons. The monoisotopic (exact) mass is 303 g/mol. The van der Waals surface area contributed by atoms with Crippen LogP contribution in [0.2, 0.25) is 0 Å². The first-order valence-corrected chi connectivity index (χ1v) is 7.79. The van der Waals surface area contributed by atoms with E-state index in [0.717, 1.165) is 5.01 Å². The normalized spacial score (nSPS) is 11.7. The van der Waals surface area contributed by atoms with Crippen molar-refractivity contribution in [3.8, 4) is 0 Å². The van der Waals surface area contributed by atoms with E-state index in [9.17, 15) is 9.90 Å². The van der Waals surface area contributed by atoms with Gasteiger partial charge < -0.3 is 5.11 Å². The number of aromatic carboxylic acids is 1. The molecular weight excluding hydrogens is 282 g/mol. The molecule has 0 amide bonds. The molecule has 0 aliphatic carbocycles. The van der Waals surface area contributed by atoms with Gasteiger partial charge in [0.2, 0.25) is 0 Å². The molecule has 1 heterocycles. The minimum atomic E-state index is -0.885. The summed E-state index contributed by atoms with van der Waals surface area (Å²) in [4.78, 5) is 16.4. The summed E-state index contributed by atoms with van der Waals surface area (Å²) in [6.07, 6.45) is 0.684. The Kier molecular flexibility index (Phi) is 4.19. The summed E-state index contributed by atoms with van der Waals surface area (Å²) in [5, 5.41) is 10.2. The second kappa shape index (κ2) is 5.60. The fourth-order valence-corrected chi connectivity index (χ4v) is 3.59. The van der Waals surface area contributed by atoms with E-state index in [4.69, 9.17) is 0 Å². The summed E-state index contributed by atoms with van der Waals surface area (Å²) in [5.74, 6) is -0.885. The summed E-state index contributed by atoms with van der Waals surface area (Å²) in [6.45, 7) is 10.1. The molecule has 21 heavy (non-hydrogen) atoms. The lowest BCUT2D eigenvalue weighted by Gasteiger charge is -2.16. The van der Waals surface area contributed by atoms with E-state index >= 15 is 0 Å². The molecule has 1 N–H and O–H groups in total. The molecular formula is C17H21NO2S. The van der Waals surface area contributed by atoms with Gasteiger partial charge in [0.15, 0.2) is 0 Å². The number of thiazole rings is 1. The van der Waals surface area contributed by atoms with Crippen LogP contribution in [0.5, 0.6) is 0 Å². The molecule has 4 heteroatoms. The molecule has 112 valence electrons. The van der Waals surface area contributed by atoms with Gasteiger partial charge in [-0.3, -0.25) is 0 Å². The lowest BCUT2D eigenvalue weighted by Crippen LogP contribution is -2.16. The predicted molar refractivity (Wildman–Crippen MR) is 86.5 cm³/mol. The number of aryl methyl sites for hydroxylation is 2. The van der Waals surface area contributed by atoms with Crippen LogP contribution in [-0.4, -0.2) is 16.1 Å². The number of rotatable bonds is 3. The highest BCUT2D eigenvalue weighted by Crippen LogP contribution is 2.30. The standard InChI is InChI=1S/C17H21NO2S/c1-10-6-11(2)8-12(7-10)9-13-18-15(17(3,4)5)14(21-13)16(19)20/h6-8H,9H2,1-5H3,(H,19,20). The molecule has 2 aromatic rings. The van der Waals surface area contributed by atoms with Gasteiger partial charge in [0.05, 0.1) is 10.7 Å². The first-order chi connectivity index (χ1) is 9.66. The van der Waals surface area contributed by atoms with Crippen LogP contribution in [0.15, 0.2) is 18.2 Å². The van der Waals surface area contributed by atoms with Crippen molar-refractivity contribution in [3.05, 3.63) is 50.5 Å². The second-order valence-electron chi connectivity index (χ2n) is 6.51. The summed E-state index contributed by atoms with van der Waals surface area (Å²) in [5.41, 5.74) is 4.04. The summed E-state index contributed by atoms with van der Waals surface area (Å²) in [7, 11) is 0. The van der Waals surface area contributed by atoms with Crippen LogP contribution in [0.4, 0.5) is 0 Å².